The minimum atomic E-state index is -0.449. The van der Waals surface area contributed by atoms with Crippen molar-refractivity contribution in [2.24, 2.45) is 5.73 Å². The normalized spacial score (nSPS) is 10.0. The molecule has 3 amide bonds. The van der Waals surface area contributed by atoms with Crippen LogP contribution in [0.4, 0.5) is 9.93 Å². The van der Waals surface area contributed by atoms with Crippen LogP contribution in [0, 0.1) is 0 Å². The van der Waals surface area contributed by atoms with Crippen LogP contribution in [0.15, 0.2) is 35.7 Å². The lowest BCUT2D eigenvalue weighted by molar-refractivity contribution is -0.117. The van der Waals surface area contributed by atoms with E-state index in [-0.39, 0.29) is 12.5 Å². The van der Waals surface area contributed by atoms with Crippen LogP contribution in [-0.2, 0) is 17.8 Å². The smallest absolute Gasteiger partial charge is 0.321 e. The van der Waals surface area contributed by atoms with Crippen LogP contribution in [-0.4, -0.2) is 16.9 Å². The highest BCUT2D eigenvalue weighted by molar-refractivity contribution is 7.13. The number of thiazole rings is 1. The van der Waals surface area contributed by atoms with Crippen LogP contribution >= 0.6 is 11.3 Å². The Morgan fingerprint density at radius 3 is 2.70 bits per heavy atom. The summed E-state index contributed by atoms with van der Waals surface area (Å²) in [5, 5.41) is 7.46. The van der Waals surface area contributed by atoms with E-state index >= 15 is 0 Å². The maximum atomic E-state index is 11.7. The van der Waals surface area contributed by atoms with Gasteiger partial charge in [-0.15, -0.1) is 11.3 Å². The van der Waals surface area contributed by atoms with Crippen LogP contribution in [0.2, 0.25) is 0 Å². The number of hydrogen-bond acceptors (Lipinski definition) is 4. The van der Waals surface area contributed by atoms with Crippen LogP contribution in [0.5, 0.6) is 0 Å². The highest BCUT2D eigenvalue weighted by Gasteiger charge is 2.07. The van der Waals surface area contributed by atoms with E-state index in [2.05, 4.69) is 15.6 Å². The Balaban J connectivity index is 1.82. The van der Waals surface area contributed by atoms with Crippen molar-refractivity contribution in [2.45, 2.75) is 13.0 Å². The Morgan fingerprint density at radius 1 is 1.25 bits per heavy atom. The molecule has 0 atom stereocenters. The Kier molecular flexibility index (Phi) is 4.67. The second-order valence-electron chi connectivity index (χ2n) is 4.08. The van der Waals surface area contributed by atoms with Crippen molar-refractivity contribution < 1.29 is 9.59 Å². The molecule has 1 aromatic carbocycles. The fourth-order valence-electron chi connectivity index (χ4n) is 1.54. The molecule has 104 valence electrons. The zero-order valence-corrected chi connectivity index (χ0v) is 11.4. The van der Waals surface area contributed by atoms with Gasteiger partial charge in [0.15, 0.2) is 5.13 Å². The number of anilines is 1. The quantitative estimate of drug-likeness (QED) is 0.778. The first kappa shape index (κ1) is 14.0. The summed E-state index contributed by atoms with van der Waals surface area (Å²) >= 11 is 1.25. The average Bonchev–Trinajstić information content (AvgIpc) is 2.84. The van der Waals surface area contributed by atoms with E-state index in [1.54, 1.807) is 5.38 Å². The molecule has 2 rings (SSSR count). The molecule has 0 aliphatic heterocycles. The standard InChI is InChI=1S/C13H14N4O2S/c14-11(18)6-10-8-20-13(16-10)17-12(19)15-7-9-4-2-1-3-5-9/h1-5,8H,6-7H2,(H2,14,18)(H2,15,16,17,19). The highest BCUT2D eigenvalue weighted by Crippen LogP contribution is 2.15. The van der Waals surface area contributed by atoms with Crippen molar-refractivity contribution in [1.82, 2.24) is 10.3 Å². The summed E-state index contributed by atoms with van der Waals surface area (Å²) in [6.07, 6.45) is 0.0732. The van der Waals surface area contributed by atoms with Crippen molar-refractivity contribution in [2.75, 3.05) is 5.32 Å². The Hall–Kier alpha value is -2.41. The van der Waals surface area contributed by atoms with E-state index in [1.807, 2.05) is 30.3 Å². The van der Waals surface area contributed by atoms with Gasteiger partial charge in [0, 0.05) is 11.9 Å². The third-order valence-corrected chi connectivity index (χ3v) is 3.23. The molecule has 0 saturated carbocycles. The van der Waals surface area contributed by atoms with Crippen molar-refractivity contribution in [3.8, 4) is 0 Å². The molecule has 4 N–H and O–H groups in total. The number of aromatic nitrogens is 1. The van der Waals surface area contributed by atoms with E-state index in [9.17, 15) is 9.59 Å². The first-order valence-electron chi connectivity index (χ1n) is 5.95. The lowest BCUT2D eigenvalue weighted by atomic mass is 10.2. The molecule has 2 aromatic rings. The fourth-order valence-corrected chi connectivity index (χ4v) is 2.25. The number of nitrogens with two attached hydrogens (primary N) is 1. The van der Waals surface area contributed by atoms with Crippen LogP contribution in [0.1, 0.15) is 11.3 Å². The first-order chi connectivity index (χ1) is 9.63. The number of carbonyl (C=O) groups excluding carboxylic acids is 2. The summed E-state index contributed by atoms with van der Waals surface area (Å²) in [5.41, 5.74) is 6.64. The fraction of sp³-hybridized carbons (Fsp3) is 0.154. The summed E-state index contributed by atoms with van der Waals surface area (Å²) < 4.78 is 0. The van der Waals surface area contributed by atoms with E-state index in [4.69, 9.17) is 5.73 Å². The molecular weight excluding hydrogens is 276 g/mol. The SMILES string of the molecule is NC(=O)Cc1csc(NC(=O)NCc2ccccc2)n1. The summed E-state index contributed by atoms with van der Waals surface area (Å²) in [6.45, 7) is 0.437. The van der Waals surface area contributed by atoms with Crippen LogP contribution < -0.4 is 16.4 Å². The van der Waals surface area contributed by atoms with Gasteiger partial charge in [0.05, 0.1) is 12.1 Å². The van der Waals surface area contributed by atoms with E-state index < -0.39 is 5.91 Å². The minimum Gasteiger partial charge on any atom is -0.369 e. The molecule has 0 bridgehead atoms. The maximum Gasteiger partial charge on any atom is 0.321 e. The summed E-state index contributed by atoms with van der Waals surface area (Å²) in [4.78, 5) is 26.5. The zero-order chi connectivity index (χ0) is 14.4. The lowest BCUT2D eigenvalue weighted by Gasteiger charge is -2.05. The largest absolute Gasteiger partial charge is 0.369 e. The Labute approximate surface area is 120 Å². The Morgan fingerprint density at radius 2 is 2.00 bits per heavy atom. The number of hydrogen-bond donors (Lipinski definition) is 3. The van der Waals surface area contributed by atoms with Crippen molar-refractivity contribution in [3.05, 3.63) is 47.0 Å². The topological polar surface area (TPSA) is 97.1 Å². The van der Waals surface area contributed by atoms with E-state index in [0.29, 0.717) is 17.4 Å². The van der Waals surface area contributed by atoms with Gasteiger partial charge in [-0.25, -0.2) is 9.78 Å². The molecule has 1 aromatic heterocycles. The second-order valence-corrected chi connectivity index (χ2v) is 4.94. The molecule has 0 spiro atoms. The number of rotatable bonds is 5. The van der Waals surface area contributed by atoms with Gasteiger partial charge in [-0.05, 0) is 5.56 Å². The van der Waals surface area contributed by atoms with Gasteiger partial charge in [-0.2, -0.15) is 0 Å². The molecule has 0 aliphatic rings. The number of benzene rings is 1. The zero-order valence-electron chi connectivity index (χ0n) is 10.6. The van der Waals surface area contributed by atoms with Crippen LogP contribution in [0.25, 0.3) is 0 Å². The summed E-state index contributed by atoms with van der Waals surface area (Å²) in [5.74, 6) is -0.449. The van der Waals surface area contributed by atoms with E-state index in [0.717, 1.165) is 5.56 Å². The van der Waals surface area contributed by atoms with Crippen LogP contribution in [0.3, 0.4) is 0 Å². The molecule has 0 fully saturated rings. The van der Waals surface area contributed by atoms with Gasteiger partial charge >= 0.3 is 6.03 Å². The van der Waals surface area contributed by atoms with E-state index in [1.165, 1.54) is 11.3 Å². The number of carbonyl (C=O) groups is 2. The maximum absolute atomic E-state index is 11.7. The third-order valence-electron chi connectivity index (χ3n) is 2.42. The van der Waals surface area contributed by atoms with Crippen molar-refractivity contribution in [3.63, 3.8) is 0 Å². The number of amides is 3. The van der Waals surface area contributed by atoms with Crippen molar-refractivity contribution >= 4 is 28.4 Å². The Bertz CT molecular complexity index is 597. The molecule has 0 aliphatic carbocycles. The summed E-state index contributed by atoms with van der Waals surface area (Å²) in [7, 11) is 0. The van der Waals surface area contributed by atoms with Gasteiger partial charge in [0.1, 0.15) is 0 Å². The van der Waals surface area contributed by atoms with Crippen molar-refractivity contribution in [1.29, 1.82) is 0 Å². The number of nitrogens with one attached hydrogen (secondary N) is 2. The number of urea groups is 1. The predicted molar refractivity (Wildman–Crippen MR) is 77.3 cm³/mol. The highest BCUT2D eigenvalue weighted by atomic mass is 32.1. The molecule has 0 radical (unpaired) electrons. The lowest BCUT2D eigenvalue weighted by Crippen LogP contribution is -2.28. The molecule has 0 unspecified atom stereocenters. The summed E-state index contributed by atoms with van der Waals surface area (Å²) in [6, 6.07) is 9.24. The van der Waals surface area contributed by atoms with Gasteiger partial charge in [0.25, 0.3) is 0 Å². The molecule has 20 heavy (non-hydrogen) atoms. The number of nitrogens with zero attached hydrogens (tertiary/aromatic N) is 1. The predicted octanol–water partition coefficient (Wildman–Crippen LogP) is 1.49. The minimum absolute atomic E-state index is 0.0732. The number of primary amides is 1. The van der Waals surface area contributed by atoms with Gasteiger partial charge in [0.2, 0.25) is 5.91 Å². The first-order valence-corrected chi connectivity index (χ1v) is 6.83. The van der Waals surface area contributed by atoms with Gasteiger partial charge < -0.3 is 11.1 Å². The third kappa shape index (κ3) is 4.36. The molecular formula is C13H14N4O2S. The average molecular weight is 290 g/mol. The molecule has 1 heterocycles. The molecule has 7 heteroatoms. The molecule has 0 saturated heterocycles. The monoisotopic (exact) mass is 290 g/mol. The second kappa shape index (κ2) is 6.67. The van der Waals surface area contributed by atoms with Gasteiger partial charge in [-0.3, -0.25) is 10.1 Å². The molecule has 6 nitrogen and oxygen atoms in total. The van der Waals surface area contributed by atoms with Gasteiger partial charge in [-0.1, -0.05) is 30.3 Å².